The minimum absolute atomic E-state index is 0.116. The molecular formula is C20H23FN2O3. The molecule has 6 heteroatoms. The molecule has 1 aromatic carbocycles. The quantitative estimate of drug-likeness (QED) is 0.912. The maximum Gasteiger partial charge on any atom is 0.256 e. The van der Waals surface area contributed by atoms with Crippen LogP contribution in [0.4, 0.5) is 4.39 Å². The predicted octanol–water partition coefficient (Wildman–Crippen LogP) is 3.32. The number of nitrogens with one attached hydrogen (secondary N) is 1. The third-order valence-electron chi connectivity index (χ3n) is 4.84. The summed E-state index contributed by atoms with van der Waals surface area (Å²) in [6, 6.07) is 7.79. The predicted molar refractivity (Wildman–Crippen MR) is 95.5 cm³/mol. The van der Waals surface area contributed by atoms with E-state index in [9.17, 15) is 14.0 Å². The van der Waals surface area contributed by atoms with Crippen molar-refractivity contribution in [1.29, 1.82) is 0 Å². The van der Waals surface area contributed by atoms with E-state index in [0.29, 0.717) is 42.6 Å². The number of benzene rings is 1. The summed E-state index contributed by atoms with van der Waals surface area (Å²) in [5, 5.41) is 2.95. The first-order valence-corrected chi connectivity index (χ1v) is 8.84. The topological polar surface area (TPSA) is 62.6 Å². The SMILES string of the molecule is Cc1cc(C(=O)NCC2CCN(C(=O)c3ccccc3F)CC2)c(C)o1. The molecule has 1 aliphatic rings. The van der Waals surface area contributed by atoms with Crippen molar-refractivity contribution in [1.82, 2.24) is 10.2 Å². The van der Waals surface area contributed by atoms with Crippen molar-refractivity contribution in [2.75, 3.05) is 19.6 Å². The van der Waals surface area contributed by atoms with Crippen LogP contribution in [0.1, 0.15) is 45.1 Å². The minimum Gasteiger partial charge on any atom is -0.466 e. The van der Waals surface area contributed by atoms with Crippen LogP contribution in [0.2, 0.25) is 0 Å². The Balaban J connectivity index is 1.50. The average Bonchev–Trinajstić information content (AvgIpc) is 2.98. The number of likely N-dealkylation sites (tertiary alicyclic amines) is 1. The van der Waals surface area contributed by atoms with E-state index in [2.05, 4.69) is 5.32 Å². The van der Waals surface area contributed by atoms with Crippen LogP contribution in [0, 0.1) is 25.6 Å². The van der Waals surface area contributed by atoms with Crippen molar-refractivity contribution < 1.29 is 18.4 Å². The summed E-state index contributed by atoms with van der Waals surface area (Å²) in [5.74, 6) is 0.742. The smallest absolute Gasteiger partial charge is 0.256 e. The largest absolute Gasteiger partial charge is 0.466 e. The number of halogens is 1. The number of hydrogen-bond donors (Lipinski definition) is 1. The summed E-state index contributed by atoms with van der Waals surface area (Å²) in [5.41, 5.74) is 0.680. The molecule has 0 radical (unpaired) electrons. The van der Waals surface area contributed by atoms with Crippen molar-refractivity contribution in [3.05, 3.63) is 58.8 Å². The summed E-state index contributed by atoms with van der Waals surface area (Å²) in [4.78, 5) is 26.3. The van der Waals surface area contributed by atoms with E-state index in [1.54, 1.807) is 30.0 Å². The summed E-state index contributed by atoms with van der Waals surface area (Å²) in [6.07, 6.45) is 1.56. The lowest BCUT2D eigenvalue weighted by molar-refractivity contribution is 0.0679. The number of rotatable bonds is 4. The van der Waals surface area contributed by atoms with Crippen LogP contribution < -0.4 is 5.32 Å². The molecular weight excluding hydrogens is 335 g/mol. The van der Waals surface area contributed by atoms with Gasteiger partial charge in [0.25, 0.3) is 11.8 Å². The van der Waals surface area contributed by atoms with E-state index in [1.165, 1.54) is 12.1 Å². The van der Waals surface area contributed by atoms with Crippen LogP contribution in [-0.2, 0) is 0 Å². The van der Waals surface area contributed by atoms with Crippen molar-refractivity contribution in [2.24, 2.45) is 5.92 Å². The lowest BCUT2D eigenvalue weighted by atomic mass is 9.96. The fraction of sp³-hybridized carbons (Fsp3) is 0.400. The van der Waals surface area contributed by atoms with Crippen LogP contribution in [0.25, 0.3) is 0 Å². The van der Waals surface area contributed by atoms with Crippen LogP contribution in [0.5, 0.6) is 0 Å². The van der Waals surface area contributed by atoms with Crippen molar-refractivity contribution in [3.8, 4) is 0 Å². The second-order valence-electron chi connectivity index (χ2n) is 6.75. The van der Waals surface area contributed by atoms with Gasteiger partial charge in [0, 0.05) is 19.6 Å². The third-order valence-corrected chi connectivity index (χ3v) is 4.84. The van der Waals surface area contributed by atoms with E-state index >= 15 is 0 Å². The summed E-state index contributed by atoms with van der Waals surface area (Å²) in [6.45, 7) is 5.28. The van der Waals surface area contributed by atoms with Gasteiger partial charge in [-0.2, -0.15) is 0 Å². The molecule has 1 aliphatic heterocycles. The Hall–Kier alpha value is -2.63. The van der Waals surface area contributed by atoms with Crippen molar-refractivity contribution >= 4 is 11.8 Å². The first-order valence-electron chi connectivity index (χ1n) is 8.84. The van der Waals surface area contributed by atoms with Crippen molar-refractivity contribution in [2.45, 2.75) is 26.7 Å². The average molecular weight is 358 g/mol. The van der Waals surface area contributed by atoms with Gasteiger partial charge in [0.15, 0.2) is 0 Å². The first kappa shape index (κ1) is 18.2. The van der Waals surface area contributed by atoms with Crippen LogP contribution in [-0.4, -0.2) is 36.3 Å². The zero-order chi connectivity index (χ0) is 18.7. The molecule has 2 amide bonds. The lowest BCUT2D eigenvalue weighted by Crippen LogP contribution is -2.41. The van der Waals surface area contributed by atoms with E-state index in [0.717, 1.165) is 12.8 Å². The number of carbonyl (C=O) groups excluding carboxylic acids is 2. The van der Waals surface area contributed by atoms with Crippen LogP contribution >= 0.6 is 0 Å². The van der Waals surface area contributed by atoms with Gasteiger partial charge in [0.05, 0.1) is 11.1 Å². The van der Waals surface area contributed by atoms with Gasteiger partial charge in [-0.3, -0.25) is 9.59 Å². The number of nitrogens with zero attached hydrogens (tertiary/aromatic N) is 1. The highest BCUT2D eigenvalue weighted by Crippen LogP contribution is 2.20. The van der Waals surface area contributed by atoms with Crippen LogP contribution in [0.3, 0.4) is 0 Å². The third kappa shape index (κ3) is 3.95. The van der Waals surface area contributed by atoms with Gasteiger partial charge in [0.2, 0.25) is 0 Å². The molecule has 138 valence electrons. The fourth-order valence-electron chi connectivity index (χ4n) is 3.33. The Bertz CT molecular complexity index is 807. The maximum absolute atomic E-state index is 13.8. The molecule has 1 fully saturated rings. The number of furan rings is 1. The van der Waals surface area contributed by atoms with Crippen LogP contribution in [0.15, 0.2) is 34.7 Å². The molecule has 0 bridgehead atoms. The van der Waals surface area contributed by atoms with Gasteiger partial charge < -0.3 is 14.6 Å². The molecule has 5 nitrogen and oxygen atoms in total. The van der Waals surface area contributed by atoms with Gasteiger partial charge in [-0.05, 0) is 50.8 Å². The zero-order valence-corrected chi connectivity index (χ0v) is 15.0. The van der Waals surface area contributed by atoms with E-state index in [-0.39, 0.29) is 17.4 Å². The zero-order valence-electron chi connectivity index (χ0n) is 15.0. The van der Waals surface area contributed by atoms with Gasteiger partial charge in [-0.15, -0.1) is 0 Å². The molecule has 3 rings (SSSR count). The maximum atomic E-state index is 13.8. The Morgan fingerprint density at radius 2 is 1.88 bits per heavy atom. The van der Waals surface area contributed by atoms with Gasteiger partial charge in [-0.1, -0.05) is 12.1 Å². The molecule has 0 atom stereocenters. The standard InChI is InChI=1S/C20H23FN2O3/c1-13-11-17(14(2)26-13)19(24)22-12-15-7-9-23(10-8-15)20(25)16-5-3-4-6-18(16)21/h3-6,11,15H,7-10,12H2,1-2H3,(H,22,24). The Labute approximate surface area is 152 Å². The van der Waals surface area contributed by atoms with Gasteiger partial charge in [-0.25, -0.2) is 4.39 Å². The van der Waals surface area contributed by atoms with Crippen molar-refractivity contribution in [3.63, 3.8) is 0 Å². The molecule has 0 spiro atoms. The second kappa shape index (κ2) is 7.72. The highest BCUT2D eigenvalue weighted by molar-refractivity contribution is 5.95. The number of carbonyl (C=O) groups is 2. The molecule has 1 N–H and O–H groups in total. The van der Waals surface area contributed by atoms with E-state index in [4.69, 9.17) is 4.42 Å². The molecule has 0 unspecified atom stereocenters. The summed E-state index contributed by atoms with van der Waals surface area (Å²) >= 11 is 0. The summed E-state index contributed by atoms with van der Waals surface area (Å²) < 4.78 is 19.2. The molecule has 1 aromatic heterocycles. The number of hydrogen-bond acceptors (Lipinski definition) is 3. The Morgan fingerprint density at radius 1 is 1.19 bits per heavy atom. The Kier molecular flexibility index (Phi) is 5.40. The first-order chi connectivity index (χ1) is 12.5. The number of piperidine rings is 1. The highest BCUT2D eigenvalue weighted by atomic mass is 19.1. The molecule has 1 saturated heterocycles. The Morgan fingerprint density at radius 3 is 2.50 bits per heavy atom. The lowest BCUT2D eigenvalue weighted by Gasteiger charge is -2.32. The van der Waals surface area contributed by atoms with Gasteiger partial charge in [0.1, 0.15) is 17.3 Å². The molecule has 26 heavy (non-hydrogen) atoms. The normalized spacial score (nSPS) is 15.1. The second-order valence-corrected chi connectivity index (χ2v) is 6.75. The summed E-state index contributed by atoms with van der Waals surface area (Å²) in [7, 11) is 0. The minimum atomic E-state index is -0.488. The fourth-order valence-corrected chi connectivity index (χ4v) is 3.33. The molecule has 2 aromatic rings. The highest BCUT2D eigenvalue weighted by Gasteiger charge is 2.25. The monoisotopic (exact) mass is 358 g/mol. The van der Waals surface area contributed by atoms with E-state index in [1.807, 2.05) is 6.92 Å². The molecule has 0 aliphatic carbocycles. The molecule has 2 heterocycles. The van der Waals surface area contributed by atoms with E-state index < -0.39 is 5.82 Å². The number of aryl methyl sites for hydroxylation is 2. The number of amides is 2. The molecule has 0 saturated carbocycles. The van der Waals surface area contributed by atoms with Gasteiger partial charge >= 0.3 is 0 Å².